The van der Waals surface area contributed by atoms with E-state index in [9.17, 15) is 0 Å². The molecular weight excluding hydrogens is 208 g/mol. The lowest BCUT2D eigenvalue weighted by Crippen LogP contribution is -2.17. The number of aromatic nitrogens is 2. The number of anilines is 2. The Morgan fingerprint density at radius 3 is 2.73 bits per heavy atom. The molecule has 0 bridgehead atoms. The molecule has 4 nitrogen and oxygen atoms in total. The molecule has 0 saturated heterocycles. The molecule has 0 radical (unpaired) electrons. The monoisotopic (exact) mass is 224 g/mol. The van der Waals surface area contributed by atoms with Crippen LogP contribution in [-0.4, -0.2) is 27.5 Å². The van der Waals surface area contributed by atoms with E-state index in [0.29, 0.717) is 17.7 Å². The first-order chi connectivity index (χ1) is 7.28. The predicted octanol–water partition coefficient (Wildman–Crippen LogP) is 1.75. The minimum absolute atomic E-state index is 0.520. The molecule has 2 atom stereocenters. The molecule has 5 heteroatoms. The number of nitrogens with two attached hydrogens (primary N) is 1. The number of rotatable bonds is 3. The zero-order valence-electron chi connectivity index (χ0n) is 8.81. The van der Waals surface area contributed by atoms with E-state index in [1.54, 1.807) is 12.4 Å². The van der Waals surface area contributed by atoms with Crippen LogP contribution in [0.25, 0.3) is 0 Å². The van der Waals surface area contributed by atoms with Gasteiger partial charge in [0.2, 0.25) is 5.95 Å². The van der Waals surface area contributed by atoms with Crippen molar-refractivity contribution in [3.05, 3.63) is 12.4 Å². The maximum Gasteiger partial charge on any atom is 0.222 e. The van der Waals surface area contributed by atoms with Crippen molar-refractivity contribution in [2.75, 3.05) is 17.3 Å². The van der Waals surface area contributed by atoms with Crippen LogP contribution in [0, 0.1) is 0 Å². The smallest absolute Gasteiger partial charge is 0.222 e. The minimum Gasteiger partial charge on any atom is -0.396 e. The van der Waals surface area contributed by atoms with Gasteiger partial charge in [0.15, 0.2) is 0 Å². The Hall–Kier alpha value is -0.970. The maximum absolute atomic E-state index is 5.52. The van der Waals surface area contributed by atoms with Crippen LogP contribution in [0.1, 0.15) is 19.3 Å². The van der Waals surface area contributed by atoms with Gasteiger partial charge in [-0.2, -0.15) is 11.8 Å². The molecular formula is C10H16N4S. The topological polar surface area (TPSA) is 63.8 Å². The van der Waals surface area contributed by atoms with Crippen molar-refractivity contribution >= 4 is 23.4 Å². The highest BCUT2D eigenvalue weighted by atomic mass is 32.2. The molecule has 1 saturated carbocycles. The summed E-state index contributed by atoms with van der Waals surface area (Å²) in [6, 6.07) is 0.520. The number of hydrogen-bond donors (Lipinski definition) is 2. The Morgan fingerprint density at radius 1 is 1.40 bits per heavy atom. The van der Waals surface area contributed by atoms with Crippen molar-refractivity contribution in [3.8, 4) is 0 Å². The minimum atomic E-state index is 0.520. The second-order valence-corrected chi connectivity index (χ2v) is 4.99. The number of thioether (sulfide) groups is 1. The van der Waals surface area contributed by atoms with Crippen molar-refractivity contribution in [2.45, 2.75) is 30.6 Å². The largest absolute Gasteiger partial charge is 0.396 e. The van der Waals surface area contributed by atoms with E-state index in [1.165, 1.54) is 19.3 Å². The summed E-state index contributed by atoms with van der Waals surface area (Å²) in [6.07, 6.45) is 9.14. The van der Waals surface area contributed by atoms with Gasteiger partial charge in [0.25, 0.3) is 0 Å². The van der Waals surface area contributed by atoms with Crippen LogP contribution in [0.2, 0.25) is 0 Å². The van der Waals surface area contributed by atoms with Gasteiger partial charge in [0.05, 0.1) is 18.1 Å². The quantitative estimate of drug-likeness (QED) is 0.819. The van der Waals surface area contributed by atoms with Crippen LogP contribution in [-0.2, 0) is 0 Å². The Bertz CT molecular complexity index is 314. The van der Waals surface area contributed by atoms with Gasteiger partial charge in [0, 0.05) is 11.3 Å². The van der Waals surface area contributed by atoms with E-state index in [1.807, 2.05) is 11.8 Å². The summed E-state index contributed by atoms with van der Waals surface area (Å²) in [5, 5.41) is 4.13. The van der Waals surface area contributed by atoms with Gasteiger partial charge >= 0.3 is 0 Å². The van der Waals surface area contributed by atoms with Crippen molar-refractivity contribution in [1.29, 1.82) is 0 Å². The van der Waals surface area contributed by atoms with Gasteiger partial charge in [-0.15, -0.1) is 0 Å². The lowest BCUT2D eigenvalue weighted by Gasteiger charge is -2.12. The SMILES string of the molecule is CSC1CCC(Nc2ncc(N)cn2)C1. The van der Waals surface area contributed by atoms with Gasteiger partial charge in [-0.25, -0.2) is 9.97 Å². The van der Waals surface area contributed by atoms with Crippen LogP contribution in [0.15, 0.2) is 12.4 Å². The molecule has 1 heterocycles. The average molecular weight is 224 g/mol. The standard InChI is InChI=1S/C10H16N4S/c1-15-9-3-2-8(4-9)14-10-12-5-7(11)6-13-10/h5-6,8-9H,2-4,11H2,1H3,(H,12,13,14). The fourth-order valence-electron chi connectivity index (χ4n) is 1.88. The Labute approximate surface area is 94.1 Å². The van der Waals surface area contributed by atoms with Gasteiger partial charge in [-0.3, -0.25) is 0 Å². The molecule has 1 fully saturated rings. The summed E-state index contributed by atoms with van der Waals surface area (Å²) in [6.45, 7) is 0. The summed E-state index contributed by atoms with van der Waals surface area (Å²) in [4.78, 5) is 8.28. The Morgan fingerprint density at radius 2 is 2.13 bits per heavy atom. The molecule has 0 aliphatic heterocycles. The van der Waals surface area contributed by atoms with Gasteiger partial charge < -0.3 is 11.1 Å². The molecule has 0 amide bonds. The van der Waals surface area contributed by atoms with Crippen LogP contribution in [0.5, 0.6) is 0 Å². The lowest BCUT2D eigenvalue weighted by atomic mass is 10.2. The highest BCUT2D eigenvalue weighted by molar-refractivity contribution is 7.99. The average Bonchev–Trinajstić information content (AvgIpc) is 2.69. The summed E-state index contributed by atoms with van der Waals surface area (Å²) in [7, 11) is 0. The Kier molecular flexibility index (Phi) is 3.30. The zero-order chi connectivity index (χ0) is 10.7. The highest BCUT2D eigenvalue weighted by Gasteiger charge is 2.24. The molecule has 0 spiro atoms. The molecule has 3 N–H and O–H groups in total. The number of nitrogens with zero attached hydrogens (tertiary/aromatic N) is 2. The summed E-state index contributed by atoms with van der Waals surface area (Å²) < 4.78 is 0. The van der Waals surface area contributed by atoms with Crippen LogP contribution in [0.4, 0.5) is 11.6 Å². The number of nitrogens with one attached hydrogen (secondary N) is 1. The van der Waals surface area contributed by atoms with E-state index in [2.05, 4.69) is 21.5 Å². The molecule has 2 unspecified atom stereocenters. The third-order valence-corrected chi connectivity index (χ3v) is 3.82. The molecule has 1 aliphatic rings. The van der Waals surface area contributed by atoms with Gasteiger partial charge in [-0.05, 0) is 25.5 Å². The third kappa shape index (κ3) is 2.75. The molecule has 0 aromatic carbocycles. The second kappa shape index (κ2) is 4.70. The number of nitrogen functional groups attached to an aromatic ring is 1. The molecule has 1 aromatic heterocycles. The van der Waals surface area contributed by atoms with Crippen LogP contribution >= 0.6 is 11.8 Å². The number of hydrogen-bond acceptors (Lipinski definition) is 5. The summed E-state index contributed by atoms with van der Waals surface area (Å²) >= 11 is 1.95. The van der Waals surface area contributed by atoms with E-state index in [-0.39, 0.29) is 0 Å². The summed E-state index contributed by atoms with van der Waals surface area (Å²) in [5.74, 6) is 0.691. The van der Waals surface area contributed by atoms with Crippen molar-refractivity contribution in [2.24, 2.45) is 0 Å². The molecule has 1 aliphatic carbocycles. The molecule has 15 heavy (non-hydrogen) atoms. The van der Waals surface area contributed by atoms with Crippen molar-refractivity contribution in [3.63, 3.8) is 0 Å². The highest BCUT2D eigenvalue weighted by Crippen LogP contribution is 2.29. The van der Waals surface area contributed by atoms with Crippen LogP contribution < -0.4 is 11.1 Å². The maximum atomic E-state index is 5.52. The van der Waals surface area contributed by atoms with E-state index in [4.69, 9.17) is 5.73 Å². The van der Waals surface area contributed by atoms with Gasteiger partial charge in [0.1, 0.15) is 0 Å². The second-order valence-electron chi connectivity index (χ2n) is 3.85. The summed E-state index contributed by atoms with van der Waals surface area (Å²) in [5.41, 5.74) is 6.13. The first-order valence-corrected chi connectivity index (χ1v) is 6.43. The molecule has 2 rings (SSSR count). The van der Waals surface area contributed by atoms with E-state index in [0.717, 1.165) is 5.25 Å². The first kappa shape index (κ1) is 10.5. The molecule has 82 valence electrons. The first-order valence-electron chi connectivity index (χ1n) is 5.15. The Balaban J connectivity index is 1.90. The predicted molar refractivity (Wildman–Crippen MR) is 65.0 cm³/mol. The van der Waals surface area contributed by atoms with E-state index >= 15 is 0 Å². The third-order valence-electron chi connectivity index (χ3n) is 2.72. The van der Waals surface area contributed by atoms with Crippen molar-refractivity contribution in [1.82, 2.24) is 9.97 Å². The zero-order valence-corrected chi connectivity index (χ0v) is 9.63. The fourth-order valence-corrected chi connectivity index (χ4v) is 2.68. The van der Waals surface area contributed by atoms with E-state index < -0.39 is 0 Å². The normalized spacial score (nSPS) is 25.4. The van der Waals surface area contributed by atoms with Crippen LogP contribution in [0.3, 0.4) is 0 Å². The van der Waals surface area contributed by atoms with Crippen molar-refractivity contribution < 1.29 is 0 Å². The van der Waals surface area contributed by atoms with Gasteiger partial charge in [-0.1, -0.05) is 0 Å². The fraction of sp³-hybridized carbons (Fsp3) is 0.600. The molecule has 1 aromatic rings. The lowest BCUT2D eigenvalue weighted by molar-refractivity contribution is 0.745.